The van der Waals surface area contributed by atoms with Crippen LogP contribution >= 0.6 is 11.8 Å². The van der Waals surface area contributed by atoms with Crippen molar-refractivity contribution in [2.75, 3.05) is 5.75 Å². The van der Waals surface area contributed by atoms with Gasteiger partial charge in [-0.25, -0.2) is 9.78 Å². The van der Waals surface area contributed by atoms with Crippen molar-refractivity contribution in [3.05, 3.63) is 39.9 Å². The quantitative estimate of drug-likeness (QED) is 0.824. The third-order valence-corrected chi connectivity index (χ3v) is 6.56. The van der Waals surface area contributed by atoms with Gasteiger partial charge in [-0.2, -0.15) is 0 Å². The fourth-order valence-electron chi connectivity index (χ4n) is 3.65. The molecule has 2 aliphatic rings. The van der Waals surface area contributed by atoms with Gasteiger partial charge in [0.25, 0.3) is 5.56 Å². The summed E-state index contributed by atoms with van der Waals surface area (Å²) in [6.07, 6.45) is 1.21. The van der Waals surface area contributed by atoms with Crippen LogP contribution in [0, 0.1) is 6.92 Å². The van der Waals surface area contributed by atoms with Crippen LogP contribution in [0.1, 0.15) is 31.2 Å². The molecule has 0 unspecified atom stereocenters. The first-order valence-corrected chi connectivity index (χ1v) is 9.49. The number of amides is 1. The molecular weight excluding hydrogens is 354 g/mol. The Morgan fingerprint density at radius 1 is 1.46 bits per heavy atom. The Morgan fingerprint density at radius 3 is 3.08 bits per heavy atom. The van der Waals surface area contributed by atoms with Gasteiger partial charge in [-0.15, -0.1) is 11.8 Å². The Bertz CT molecular complexity index is 973. The van der Waals surface area contributed by atoms with Gasteiger partial charge < -0.3 is 14.6 Å². The van der Waals surface area contributed by atoms with Crippen molar-refractivity contribution in [3.8, 4) is 0 Å². The van der Waals surface area contributed by atoms with Gasteiger partial charge in [0.15, 0.2) is 0 Å². The topological polar surface area (TPSA) is 92.4 Å². The maximum atomic E-state index is 12.5. The van der Waals surface area contributed by atoms with Crippen molar-refractivity contribution in [1.82, 2.24) is 14.9 Å². The van der Waals surface area contributed by atoms with E-state index in [2.05, 4.69) is 9.97 Å². The fraction of sp³-hybridized carbons (Fsp3) is 0.444. The van der Waals surface area contributed by atoms with E-state index in [4.69, 9.17) is 4.74 Å². The third kappa shape index (κ3) is 2.68. The van der Waals surface area contributed by atoms with Crippen LogP contribution in [0.4, 0.5) is 0 Å². The van der Waals surface area contributed by atoms with Crippen LogP contribution < -0.4 is 5.56 Å². The number of carbonyl (C=O) groups excluding carboxylic acids is 2. The second-order valence-corrected chi connectivity index (χ2v) is 8.36. The zero-order valence-electron chi connectivity index (χ0n) is 14.6. The Hall–Kier alpha value is -2.35. The molecule has 2 fully saturated rings. The van der Waals surface area contributed by atoms with Gasteiger partial charge in [0.2, 0.25) is 5.91 Å². The molecule has 0 bridgehead atoms. The highest BCUT2D eigenvalue weighted by atomic mass is 32.2. The van der Waals surface area contributed by atoms with E-state index in [0.717, 1.165) is 12.0 Å². The van der Waals surface area contributed by atoms with E-state index in [0.29, 0.717) is 28.9 Å². The Morgan fingerprint density at radius 2 is 2.27 bits per heavy atom. The van der Waals surface area contributed by atoms with Gasteiger partial charge in [-0.05, 0) is 31.9 Å². The molecule has 0 radical (unpaired) electrons. The van der Waals surface area contributed by atoms with Crippen molar-refractivity contribution < 1.29 is 14.3 Å². The molecule has 0 aliphatic carbocycles. The Kier molecular flexibility index (Phi) is 4.02. The number of H-pyrrole nitrogens is 1. The van der Waals surface area contributed by atoms with Crippen LogP contribution in [0.3, 0.4) is 0 Å². The second-order valence-electron chi connectivity index (χ2n) is 6.86. The number of benzene rings is 1. The first-order valence-electron chi connectivity index (χ1n) is 8.50. The number of rotatable bonds is 3. The summed E-state index contributed by atoms with van der Waals surface area (Å²) in [5.41, 5.74) is 1.22. The number of hydrogen-bond donors (Lipinski definition) is 1. The summed E-state index contributed by atoms with van der Waals surface area (Å²) in [4.78, 5) is 45.2. The van der Waals surface area contributed by atoms with Gasteiger partial charge in [-0.3, -0.25) is 9.59 Å². The first-order chi connectivity index (χ1) is 12.4. The summed E-state index contributed by atoms with van der Waals surface area (Å²) in [6, 6.07) is 4.81. The number of aromatic amines is 1. The molecule has 136 valence electrons. The van der Waals surface area contributed by atoms with E-state index in [-0.39, 0.29) is 22.9 Å². The Balaban J connectivity index is 1.52. The average Bonchev–Trinajstić information content (AvgIpc) is 3.10. The molecule has 0 spiro atoms. The minimum Gasteiger partial charge on any atom is -0.456 e. The second kappa shape index (κ2) is 6.12. The van der Waals surface area contributed by atoms with Crippen LogP contribution in [0.15, 0.2) is 23.0 Å². The van der Waals surface area contributed by atoms with Gasteiger partial charge >= 0.3 is 5.97 Å². The van der Waals surface area contributed by atoms with E-state index >= 15 is 0 Å². The maximum absolute atomic E-state index is 12.5. The lowest BCUT2D eigenvalue weighted by Crippen LogP contribution is -2.46. The molecule has 2 aliphatic heterocycles. The summed E-state index contributed by atoms with van der Waals surface area (Å²) in [6.45, 7) is 3.74. The first kappa shape index (κ1) is 17.1. The van der Waals surface area contributed by atoms with E-state index in [1.54, 1.807) is 28.8 Å². The molecule has 26 heavy (non-hydrogen) atoms. The van der Waals surface area contributed by atoms with Crippen LogP contribution in [-0.2, 0) is 20.9 Å². The predicted molar refractivity (Wildman–Crippen MR) is 97.6 cm³/mol. The van der Waals surface area contributed by atoms with Crippen LogP contribution in [0.25, 0.3) is 10.9 Å². The summed E-state index contributed by atoms with van der Waals surface area (Å²) < 4.78 is 5.38. The highest BCUT2D eigenvalue weighted by molar-refractivity contribution is 8.01. The SMILES string of the molecule is Cc1cccc2c(=O)[nH]c(COC(=O)[C@H]3CS[C@]4(C)CCC(=O)N34)nc12. The number of aryl methyl sites for hydroxylation is 1. The molecule has 7 nitrogen and oxygen atoms in total. The zero-order chi connectivity index (χ0) is 18.5. The number of carbonyl (C=O) groups is 2. The van der Waals surface area contributed by atoms with Gasteiger partial charge in [0.05, 0.1) is 15.8 Å². The molecule has 2 saturated heterocycles. The van der Waals surface area contributed by atoms with Crippen molar-refractivity contribution in [1.29, 1.82) is 0 Å². The van der Waals surface area contributed by atoms with Crippen molar-refractivity contribution in [2.24, 2.45) is 0 Å². The van der Waals surface area contributed by atoms with Crippen molar-refractivity contribution >= 4 is 34.5 Å². The molecular formula is C18H19N3O4S. The van der Waals surface area contributed by atoms with E-state index in [1.807, 2.05) is 19.9 Å². The number of esters is 1. The summed E-state index contributed by atoms with van der Waals surface area (Å²) in [7, 11) is 0. The standard InChI is InChI=1S/C18H19N3O4S/c1-10-4-3-5-11-15(10)19-13(20-16(11)23)8-25-17(24)12-9-26-18(2)7-6-14(22)21(12)18/h3-5,12H,6-9H2,1-2H3,(H,19,20,23)/t12-,18-/m1/s1. The number of para-hydroxylation sites is 1. The van der Waals surface area contributed by atoms with Crippen LogP contribution in [-0.4, -0.2) is 43.4 Å². The number of nitrogens with zero attached hydrogens (tertiary/aromatic N) is 2. The van der Waals surface area contributed by atoms with E-state index in [9.17, 15) is 14.4 Å². The van der Waals surface area contributed by atoms with Crippen molar-refractivity contribution in [2.45, 2.75) is 44.2 Å². The number of thioether (sulfide) groups is 1. The smallest absolute Gasteiger partial charge is 0.330 e. The number of nitrogens with one attached hydrogen (secondary N) is 1. The highest BCUT2D eigenvalue weighted by Gasteiger charge is 2.53. The number of fused-ring (bicyclic) bond motifs is 2. The largest absolute Gasteiger partial charge is 0.456 e. The molecule has 8 heteroatoms. The Labute approximate surface area is 154 Å². The highest BCUT2D eigenvalue weighted by Crippen LogP contribution is 2.47. The molecule has 1 amide bonds. The van der Waals surface area contributed by atoms with Crippen LogP contribution in [0.5, 0.6) is 0 Å². The molecule has 2 atom stereocenters. The lowest BCUT2D eigenvalue weighted by Gasteiger charge is -2.29. The van der Waals surface area contributed by atoms with Gasteiger partial charge in [0, 0.05) is 12.2 Å². The number of ether oxygens (including phenoxy) is 1. The minimum absolute atomic E-state index is 0.00712. The zero-order valence-corrected chi connectivity index (χ0v) is 15.4. The number of hydrogen-bond acceptors (Lipinski definition) is 6. The summed E-state index contributed by atoms with van der Waals surface area (Å²) in [5.74, 6) is 0.365. The number of aromatic nitrogens is 2. The monoisotopic (exact) mass is 373 g/mol. The average molecular weight is 373 g/mol. The third-order valence-electron chi connectivity index (χ3n) is 5.06. The van der Waals surface area contributed by atoms with E-state index < -0.39 is 12.0 Å². The molecule has 2 aromatic rings. The summed E-state index contributed by atoms with van der Waals surface area (Å²) >= 11 is 1.61. The molecule has 1 aromatic heterocycles. The minimum atomic E-state index is -0.575. The lowest BCUT2D eigenvalue weighted by atomic mass is 10.1. The van der Waals surface area contributed by atoms with Gasteiger partial charge in [-0.1, -0.05) is 12.1 Å². The maximum Gasteiger partial charge on any atom is 0.330 e. The molecule has 1 aromatic carbocycles. The van der Waals surface area contributed by atoms with E-state index in [1.165, 1.54) is 0 Å². The summed E-state index contributed by atoms with van der Waals surface area (Å²) in [5, 5.41) is 0.505. The lowest BCUT2D eigenvalue weighted by molar-refractivity contribution is -0.154. The molecule has 3 heterocycles. The van der Waals surface area contributed by atoms with Gasteiger partial charge in [0.1, 0.15) is 18.5 Å². The predicted octanol–water partition coefficient (Wildman–Crippen LogP) is 1.73. The fourth-order valence-corrected chi connectivity index (χ4v) is 5.07. The molecule has 1 N–H and O–H groups in total. The van der Waals surface area contributed by atoms with Crippen molar-refractivity contribution in [3.63, 3.8) is 0 Å². The van der Waals surface area contributed by atoms with Crippen LogP contribution in [0.2, 0.25) is 0 Å². The molecule has 4 rings (SSSR count). The molecule has 0 saturated carbocycles. The normalized spacial score (nSPS) is 24.9.